The molecule has 29 heavy (non-hydrogen) atoms. The van der Waals surface area contributed by atoms with Crippen LogP contribution in [0.3, 0.4) is 0 Å². The average Bonchev–Trinajstić information content (AvgIpc) is 3.02. The molecule has 1 unspecified atom stereocenters. The highest BCUT2D eigenvalue weighted by molar-refractivity contribution is 5.98. The maximum atomic E-state index is 13.2. The van der Waals surface area contributed by atoms with Gasteiger partial charge in [0.05, 0.1) is 16.9 Å². The van der Waals surface area contributed by atoms with E-state index in [0.29, 0.717) is 18.7 Å². The van der Waals surface area contributed by atoms with Gasteiger partial charge in [-0.1, -0.05) is 18.2 Å². The minimum absolute atomic E-state index is 0.191. The summed E-state index contributed by atoms with van der Waals surface area (Å²) in [6, 6.07) is 12.6. The maximum Gasteiger partial charge on any atom is 0.256 e. The number of pyridine rings is 1. The summed E-state index contributed by atoms with van der Waals surface area (Å²) in [5.74, 6) is -0.396. The Hall–Kier alpha value is -3.48. The molecule has 0 aliphatic carbocycles. The van der Waals surface area contributed by atoms with Gasteiger partial charge in [0.15, 0.2) is 0 Å². The van der Waals surface area contributed by atoms with Gasteiger partial charge in [0.25, 0.3) is 5.91 Å². The highest BCUT2D eigenvalue weighted by Crippen LogP contribution is 2.31. The molecule has 0 spiro atoms. The number of piperazine rings is 1. The number of hydrogen-bond acceptors (Lipinski definition) is 4. The standard InChI is InChI=1S/C22H23N5O2/c1-14-9-10-17(13-24-14)22(29)26-12-11-23-21(28)20(26)19-15(2)25-27(16(19)3)18-7-5-4-6-8-18/h4-10,13,20H,11-12H2,1-3H3,(H,23,28). The second-order valence-corrected chi connectivity index (χ2v) is 7.21. The third-order valence-corrected chi connectivity index (χ3v) is 5.25. The molecule has 3 aromatic rings. The molecule has 7 heteroatoms. The first kappa shape index (κ1) is 18.9. The monoisotopic (exact) mass is 389 g/mol. The Labute approximate surface area is 169 Å². The van der Waals surface area contributed by atoms with Crippen LogP contribution in [0, 0.1) is 20.8 Å². The summed E-state index contributed by atoms with van der Waals surface area (Å²) < 4.78 is 1.82. The van der Waals surface area contributed by atoms with Crippen molar-refractivity contribution in [1.29, 1.82) is 0 Å². The Morgan fingerprint density at radius 1 is 1.10 bits per heavy atom. The van der Waals surface area contributed by atoms with Gasteiger partial charge in [-0.15, -0.1) is 0 Å². The number of carbonyl (C=O) groups excluding carboxylic acids is 2. The van der Waals surface area contributed by atoms with Gasteiger partial charge in [-0.2, -0.15) is 5.10 Å². The van der Waals surface area contributed by atoms with Gasteiger partial charge in [0.1, 0.15) is 6.04 Å². The Morgan fingerprint density at radius 2 is 1.86 bits per heavy atom. The number of benzene rings is 1. The molecule has 1 N–H and O–H groups in total. The number of nitrogens with zero attached hydrogens (tertiary/aromatic N) is 4. The SMILES string of the molecule is Cc1ccc(C(=O)N2CCNC(=O)C2c2c(C)nn(-c3ccccc3)c2C)cn1. The minimum atomic E-state index is -0.727. The Kier molecular flexibility index (Phi) is 4.88. The molecule has 0 bridgehead atoms. The van der Waals surface area contributed by atoms with Crippen LogP contribution in [0.25, 0.3) is 5.69 Å². The van der Waals surface area contributed by atoms with Crippen molar-refractivity contribution in [2.24, 2.45) is 0 Å². The average molecular weight is 389 g/mol. The summed E-state index contributed by atoms with van der Waals surface area (Å²) in [5, 5.41) is 7.55. The summed E-state index contributed by atoms with van der Waals surface area (Å²) in [6.07, 6.45) is 1.56. The van der Waals surface area contributed by atoms with Gasteiger partial charge in [0, 0.05) is 36.2 Å². The first-order valence-electron chi connectivity index (χ1n) is 9.60. The van der Waals surface area contributed by atoms with Gasteiger partial charge < -0.3 is 10.2 Å². The normalized spacial score (nSPS) is 16.6. The molecule has 1 atom stereocenters. The quantitative estimate of drug-likeness (QED) is 0.746. The van der Waals surface area contributed by atoms with Crippen LogP contribution in [-0.4, -0.2) is 44.6 Å². The molecular weight excluding hydrogens is 366 g/mol. The number of nitrogens with one attached hydrogen (secondary N) is 1. The second kappa shape index (κ2) is 7.50. The summed E-state index contributed by atoms with van der Waals surface area (Å²) in [6.45, 7) is 6.53. The third-order valence-electron chi connectivity index (χ3n) is 5.25. The van der Waals surface area contributed by atoms with Gasteiger partial charge in [-0.05, 0) is 45.0 Å². The van der Waals surface area contributed by atoms with Crippen LogP contribution in [0.4, 0.5) is 0 Å². The van der Waals surface area contributed by atoms with Crippen LogP contribution in [0.15, 0.2) is 48.7 Å². The Bertz CT molecular complexity index is 1060. The van der Waals surface area contributed by atoms with Gasteiger partial charge >= 0.3 is 0 Å². The molecule has 2 aromatic heterocycles. The molecule has 7 nitrogen and oxygen atoms in total. The lowest BCUT2D eigenvalue weighted by molar-refractivity contribution is -0.128. The molecular formula is C22H23N5O2. The third kappa shape index (κ3) is 3.40. The van der Waals surface area contributed by atoms with E-state index in [0.717, 1.165) is 28.3 Å². The van der Waals surface area contributed by atoms with Gasteiger partial charge in [-0.3, -0.25) is 14.6 Å². The van der Waals surface area contributed by atoms with E-state index in [1.165, 1.54) is 0 Å². The maximum absolute atomic E-state index is 13.2. The van der Waals surface area contributed by atoms with E-state index in [-0.39, 0.29) is 11.8 Å². The predicted octanol–water partition coefficient (Wildman–Crippen LogP) is 2.51. The van der Waals surface area contributed by atoms with E-state index in [4.69, 9.17) is 0 Å². The number of rotatable bonds is 3. The number of para-hydroxylation sites is 1. The summed E-state index contributed by atoms with van der Waals surface area (Å²) >= 11 is 0. The summed E-state index contributed by atoms with van der Waals surface area (Å²) in [5.41, 5.74) is 4.56. The van der Waals surface area contributed by atoms with E-state index < -0.39 is 6.04 Å². The van der Waals surface area contributed by atoms with Crippen molar-refractivity contribution in [3.8, 4) is 5.69 Å². The molecule has 1 aliphatic rings. The van der Waals surface area contributed by atoms with Crippen LogP contribution < -0.4 is 5.32 Å². The van der Waals surface area contributed by atoms with E-state index in [9.17, 15) is 9.59 Å². The molecule has 4 rings (SSSR count). The molecule has 1 fully saturated rings. The van der Waals surface area contributed by atoms with Crippen molar-refractivity contribution in [2.75, 3.05) is 13.1 Å². The lowest BCUT2D eigenvalue weighted by Gasteiger charge is -2.35. The first-order chi connectivity index (χ1) is 14.0. The number of amides is 2. The van der Waals surface area contributed by atoms with Crippen molar-refractivity contribution >= 4 is 11.8 Å². The topological polar surface area (TPSA) is 80.1 Å². The van der Waals surface area contributed by atoms with Crippen LogP contribution in [0.2, 0.25) is 0 Å². The lowest BCUT2D eigenvalue weighted by atomic mass is 9.99. The molecule has 0 saturated carbocycles. The van der Waals surface area contributed by atoms with Crippen molar-refractivity contribution in [2.45, 2.75) is 26.8 Å². The van der Waals surface area contributed by atoms with Crippen molar-refractivity contribution in [1.82, 2.24) is 25.0 Å². The molecule has 2 amide bonds. The zero-order valence-corrected chi connectivity index (χ0v) is 16.7. The number of aryl methyl sites for hydroxylation is 2. The zero-order chi connectivity index (χ0) is 20.5. The molecule has 1 aromatic carbocycles. The van der Waals surface area contributed by atoms with Crippen LogP contribution in [0.5, 0.6) is 0 Å². The number of hydrogen-bond donors (Lipinski definition) is 1. The highest BCUT2D eigenvalue weighted by atomic mass is 16.2. The fourth-order valence-electron chi connectivity index (χ4n) is 3.80. The molecule has 3 heterocycles. The Morgan fingerprint density at radius 3 is 2.55 bits per heavy atom. The summed E-state index contributed by atoms with van der Waals surface area (Å²) in [7, 11) is 0. The fraction of sp³-hybridized carbons (Fsp3) is 0.273. The molecule has 0 radical (unpaired) electrons. The van der Waals surface area contributed by atoms with Gasteiger partial charge in [-0.25, -0.2) is 4.68 Å². The number of aromatic nitrogens is 3. The van der Waals surface area contributed by atoms with E-state index in [1.807, 2.05) is 55.8 Å². The van der Waals surface area contributed by atoms with Crippen molar-refractivity contribution < 1.29 is 9.59 Å². The second-order valence-electron chi connectivity index (χ2n) is 7.21. The van der Waals surface area contributed by atoms with E-state index in [2.05, 4.69) is 15.4 Å². The molecule has 148 valence electrons. The zero-order valence-electron chi connectivity index (χ0n) is 16.7. The minimum Gasteiger partial charge on any atom is -0.352 e. The van der Waals surface area contributed by atoms with E-state index >= 15 is 0 Å². The van der Waals surface area contributed by atoms with Crippen molar-refractivity contribution in [3.63, 3.8) is 0 Å². The largest absolute Gasteiger partial charge is 0.352 e. The van der Waals surface area contributed by atoms with Crippen LogP contribution >= 0.6 is 0 Å². The van der Waals surface area contributed by atoms with Gasteiger partial charge in [0.2, 0.25) is 5.91 Å². The predicted molar refractivity (Wildman–Crippen MR) is 109 cm³/mol. The highest BCUT2D eigenvalue weighted by Gasteiger charge is 2.38. The Balaban J connectivity index is 1.77. The first-order valence-corrected chi connectivity index (χ1v) is 9.60. The molecule has 1 saturated heterocycles. The lowest BCUT2D eigenvalue weighted by Crippen LogP contribution is -2.52. The summed E-state index contributed by atoms with van der Waals surface area (Å²) in [4.78, 5) is 32.0. The molecule has 1 aliphatic heterocycles. The van der Waals surface area contributed by atoms with Crippen LogP contribution in [0.1, 0.15) is 39.0 Å². The number of carbonyl (C=O) groups is 2. The van der Waals surface area contributed by atoms with Crippen LogP contribution in [-0.2, 0) is 4.79 Å². The smallest absolute Gasteiger partial charge is 0.256 e. The fourth-order valence-corrected chi connectivity index (χ4v) is 3.80. The van der Waals surface area contributed by atoms with Crippen molar-refractivity contribution in [3.05, 3.63) is 76.9 Å². The van der Waals surface area contributed by atoms with E-state index in [1.54, 1.807) is 23.2 Å².